The molecule has 0 fully saturated rings. The number of nitrogens with two attached hydrogens (primary N) is 1. The van der Waals surface area contributed by atoms with Gasteiger partial charge in [-0.05, 0) is 48.0 Å². The molecule has 0 unspecified atom stereocenters. The van der Waals surface area contributed by atoms with E-state index < -0.39 is 0 Å². The third kappa shape index (κ3) is 4.01. The van der Waals surface area contributed by atoms with E-state index in [0.717, 1.165) is 22.7 Å². The van der Waals surface area contributed by atoms with Gasteiger partial charge < -0.3 is 20.8 Å². The van der Waals surface area contributed by atoms with Gasteiger partial charge in [-0.1, -0.05) is 36.4 Å². The number of rotatable bonds is 6. The molecule has 2 heterocycles. The van der Waals surface area contributed by atoms with Crippen LogP contribution in [0.3, 0.4) is 0 Å². The Bertz CT molecular complexity index is 1420. The maximum absolute atomic E-state index is 12.5. The van der Waals surface area contributed by atoms with Crippen molar-refractivity contribution in [2.24, 2.45) is 0 Å². The fraction of sp³-hybridized carbons (Fsp3) is 0.0417. The van der Waals surface area contributed by atoms with Gasteiger partial charge in [0.05, 0.1) is 12.7 Å². The monoisotopic (exact) mass is 424 g/mol. The number of imidazole rings is 1. The summed E-state index contributed by atoms with van der Waals surface area (Å²) in [5.41, 5.74) is 9.10. The summed E-state index contributed by atoms with van der Waals surface area (Å²) in [5, 5.41) is 3.17. The lowest BCUT2D eigenvalue weighted by atomic mass is 10.2. The maximum atomic E-state index is 12.5. The van der Waals surface area contributed by atoms with Gasteiger partial charge in [0, 0.05) is 11.4 Å². The van der Waals surface area contributed by atoms with Gasteiger partial charge in [0.2, 0.25) is 5.95 Å². The molecule has 0 spiro atoms. The normalized spacial score (nSPS) is 10.9. The number of ether oxygens (including phenoxy) is 1. The van der Waals surface area contributed by atoms with Crippen molar-refractivity contribution in [3.63, 3.8) is 0 Å². The van der Waals surface area contributed by atoms with Gasteiger partial charge in [0.25, 0.3) is 0 Å². The standard InChI is InChI=1S/C24H20N6O2/c25-20-9-5-4-6-16(20)15-30-22-21(28-24(30)31)14-26-23(29-22)27-17-10-12-19(13-11-17)32-18-7-2-1-3-8-18/h1-14H,15,25H2,(H,28,31)(H,26,27,29). The number of para-hydroxylation sites is 2. The third-order valence-corrected chi connectivity index (χ3v) is 4.98. The average molecular weight is 424 g/mol. The van der Waals surface area contributed by atoms with Crippen molar-refractivity contribution in [3.05, 3.63) is 101 Å². The van der Waals surface area contributed by atoms with Gasteiger partial charge in [0.15, 0.2) is 5.65 Å². The molecule has 0 aliphatic carbocycles. The number of nitrogen functional groups attached to an aromatic ring is 1. The van der Waals surface area contributed by atoms with Crippen LogP contribution in [0.4, 0.5) is 17.3 Å². The van der Waals surface area contributed by atoms with Crippen LogP contribution in [0.5, 0.6) is 11.5 Å². The number of aromatic amines is 1. The fourth-order valence-electron chi connectivity index (χ4n) is 3.36. The molecule has 158 valence electrons. The highest BCUT2D eigenvalue weighted by molar-refractivity contribution is 5.72. The SMILES string of the molecule is Nc1ccccc1Cn1c(=O)[nH]c2cnc(Nc3ccc(Oc4ccccc4)cc3)nc21. The first-order valence-corrected chi connectivity index (χ1v) is 10.0. The molecule has 0 bridgehead atoms. The lowest BCUT2D eigenvalue weighted by molar-refractivity contribution is 0.483. The van der Waals surface area contributed by atoms with Gasteiger partial charge in [-0.3, -0.25) is 4.57 Å². The molecule has 0 radical (unpaired) electrons. The average Bonchev–Trinajstić information content (AvgIpc) is 3.12. The van der Waals surface area contributed by atoms with Crippen molar-refractivity contribution in [3.8, 4) is 11.5 Å². The summed E-state index contributed by atoms with van der Waals surface area (Å²) in [6.45, 7) is 0.313. The number of fused-ring (bicyclic) bond motifs is 1. The maximum Gasteiger partial charge on any atom is 0.328 e. The molecule has 0 amide bonds. The number of anilines is 3. The number of H-pyrrole nitrogens is 1. The van der Waals surface area contributed by atoms with E-state index in [1.165, 1.54) is 0 Å². The Morgan fingerprint density at radius 3 is 2.44 bits per heavy atom. The number of hydrogen-bond acceptors (Lipinski definition) is 6. The highest BCUT2D eigenvalue weighted by Crippen LogP contribution is 2.24. The Hall–Kier alpha value is -4.59. The molecule has 5 aromatic rings. The van der Waals surface area contributed by atoms with E-state index in [4.69, 9.17) is 10.5 Å². The van der Waals surface area contributed by atoms with Crippen molar-refractivity contribution in [2.75, 3.05) is 11.1 Å². The van der Waals surface area contributed by atoms with E-state index in [0.29, 0.717) is 29.3 Å². The van der Waals surface area contributed by atoms with Crippen molar-refractivity contribution >= 4 is 28.5 Å². The molecular weight excluding hydrogens is 404 g/mol. The zero-order valence-electron chi connectivity index (χ0n) is 17.0. The Morgan fingerprint density at radius 2 is 1.66 bits per heavy atom. The fourth-order valence-corrected chi connectivity index (χ4v) is 3.36. The van der Waals surface area contributed by atoms with E-state index >= 15 is 0 Å². The van der Waals surface area contributed by atoms with Gasteiger partial charge in [0.1, 0.15) is 17.0 Å². The number of nitrogens with zero attached hydrogens (tertiary/aromatic N) is 3. The number of benzene rings is 3. The molecule has 8 heteroatoms. The highest BCUT2D eigenvalue weighted by atomic mass is 16.5. The lowest BCUT2D eigenvalue weighted by Crippen LogP contribution is -2.18. The second-order valence-corrected chi connectivity index (χ2v) is 7.21. The predicted octanol–water partition coefficient (Wildman–Crippen LogP) is 4.29. The van der Waals surface area contributed by atoms with Crippen molar-refractivity contribution in [2.45, 2.75) is 6.54 Å². The van der Waals surface area contributed by atoms with Crippen LogP contribution < -0.4 is 21.5 Å². The Morgan fingerprint density at radius 1 is 0.938 bits per heavy atom. The number of aromatic nitrogens is 4. The molecule has 4 N–H and O–H groups in total. The van der Waals surface area contributed by atoms with E-state index in [1.807, 2.05) is 78.9 Å². The molecular formula is C24H20N6O2. The van der Waals surface area contributed by atoms with E-state index in [2.05, 4.69) is 20.3 Å². The summed E-state index contributed by atoms with van der Waals surface area (Å²) in [7, 11) is 0. The molecule has 0 aliphatic heterocycles. The minimum absolute atomic E-state index is 0.267. The first-order chi connectivity index (χ1) is 15.7. The molecule has 32 heavy (non-hydrogen) atoms. The van der Waals surface area contributed by atoms with E-state index in [1.54, 1.807) is 10.8 Å². The molecule has 0 atom stereocenters. The summed E-state index contributed by atoms with van der Waals surface area (Å²) < 4.78 is 7.36. The molecule has 3 aromatic carbocycles. The van der Waals surface area contributed by atoms with Crippen molar-refractivity contribution < 1.29 is 4.74 Å². The topological polar surface area (TPSA) is 111 Å². The molecule has 8 nitrogen and oxygen atoms in total. The van der Waals surface area contributed by atoms with Gasteiger partial charge in [-0.15, -0.1) is 0 Å². The van der Waals surface area contributed by atoms with Crippen LogP contribution in [-0.4, -0.2) is 19.5 Å². The molecule has 0 saturated carbocycles. The Labute approximate surface area is 183 Å². The quantitative estimate of drug-likeness (QED) is 0.351. The summed E-state index contributed by atoms with van der Waals surface area (Å²) in [6, 6.07) is 24.5. The first-order valence-electron chi connectivity index (χ1n) is 10.0. The van der Waals surface area contributed by atoms with Crippen LogP contribution >= 0.6 is 0 Å². The first kappa shape index (κ1) is 19.4. The van der Waals surface area contributed by atoms with Gasteiger partial charge in [-0.2, -0.15) is 4.98 Å². The summed E-state index contributed by atoms with van der Waals surface area (Å²) in [5.74, 6) is 1.87. The smallest absolute Gasteiger partial charge is 0.328 e. The van der Waals surface area contributed by atoms with E-state index in [-0.39, 0.29) is 5.69 Å². The Balaban J connectivity index is 1.38. The second-order valence-electron chi connectivity index (χ2n) is 7.21. The summed E-state index contributed by atoms with van der Waals surface area (Å²) in [6.07, 6.45) is 1.59. The van der Waals surface area contributed by atoms with Crippen LogP contribution in [-0.2, 0) is 6.54 Å². The summed E-state index contributed by atoms with van der Waals surface area (Å²) in [4.78, 5) is 24.1. The molecule has 5 rings (SSSR count). The second kappa shape index (κ2) is 8.27. The molecule has 0 saturated heterocycles. The zero-order valence-corrected chi connectivity index (χ0v) is 17.0. The minimum Gasteiger partial charge on any atom is -0.457 e. The van der Waals surface area contributed by atoms with Crippen LogP contribution in [0.25, 0.3) is 11.2 Å². The number of hydrogen-bond donors (Lipinski definition) is 3. The van der Waals surface area contributed by atoms with Gasteiger partial charge >= 0.3 is 5.69 Å². The van der Waals surface area contributed by atoms with Crippen LogP contribution in [0.1, 0.15) is 5.56 Å². The highest BCUT2D eigenvalue weighted by Gasteiger charge is 2.12. The van der Waals surface area contributed by atoms with Crippen LogP contribution in [0.15, 0.2) is 89.9 Å². The molecule has 2 aromatic heterocycles. The van der Waals surface area contributed by atoms with Crippen molar-refractivity contribution in [1.29, 1.82) is 0 Å². The number of nitrogens with one attached hydrogen (secondary N) is 2. The third-order valence-electron chi connectivity index (χ3n) is 4.98. The van der Waals surface area contributed by atoms with Crippen LogP contribution in [0.2, 0.25) is 0 Å². The molecule has 0 aliphatic rings. The Kier molecular flexibility index (Phi) is 5.01. The largest absolute Gasteiger partial charge is 0.457 e. The van der Waals surface area contributed by atoms with Crippen LogP contribution in [0, 0.1) is 0 Å². The van der Waals surface area contributed by atoms with E-state index in [9.17, 15) is 4.79 Å². The predicted molar refractivity (Wildman–Crippen MR) is 124 cm³/mol. The van der Waals surface area contributed by atoms with Crippen molar-refractivity contribution in [1.82, 2.24) is 19.5 Å². The minimum atomic E-state index is -0.267. The zero-order chi connectivity index (χ0) is 21.9. The van der Waals surface area contributed by atoms with Gasteiger partial charge in [-0.25, -0.2) is 9.78 Å². The lowest BCUT2D eigenvalue weighted by Gasteiger charge is -2.09. The summed E-state index contributed by atoms with van der Waals surface area (Å²) >= 11 is 0.